The van der Waals surface area contributed by atoms with Gasteiger partial charge in [0, 0.05) is 17.7 Å². The number of rotatable bonds is 4. The van der Waals surface area contributed by atoms with Crippen molar-refractivity contribution < 1.29 is 4.74 Å². The van der Waals surface area contributed by atoms with Crippen LogP contribution in [0.2, 0.25) is 0 Å². The smallest absolute Gasteiger partial charge is 0.140 e. The van der Waals surface area contributed by atoms with Gasteiger partial charge in [-0.2, -0.15) is 5.10 Å². The molecule has 15 heavy (non-hydrogen) atoms. The summed E-state index contributed by atoms with van der Waals surface area (Å²) in [5.41, 5.74) is 7.49. The standard InChI is InChI=1S/C11H15N3O/c1-2-5-15-8-14-11-6-10(12)4-3-9(11)7-13-14/h3-4,6-7H,2,5,8,12H2,1H3. The number of nitrogens with zero attached hydrogens (tertiary/aromatic N) is 2. The van der Waals surface area contributed by atoms with E-state index in [4.69, 9.17) is 10.5 Å². The largest absolute Gasteiger partial charge is 0.399 e. The van der Waals surface area contributed by atoms with Gasteiger partial charge in [-0.3, -0.25) is 0 Å². The Morgan fingerprint density at radius 1 is 1.47 bits per heavy atom. The Hall–Kier alpha value is -1.55. The van der Waals surface area contributed by atoms with Crippen molar-refractivity contribution >= 4 is 16.6 Å². The van der Waals surface area contributed by atoms with Crippen molar-refractivity contribution in [2.45, 2.75) is 20.1 Å². The molecule has 0 aliphatic heterocycles. The summed E-state index contributed by atoms with van der Waals surface area (Å²) >= 11 is 0. The molecular formula is C11H15N3O. The SMILES string of the molecule is CCCOCn1ncc2ccc(N)cc21. The summed E-state index contributed by atoms with van der Waals surface area (Å²) in [5, 5.41) is 5.33. The summed E-state index contributed by atoms with van der Waals surface area (Å²) in [5.74, 6) is 0. The Balaban J connectivity index is 2.23. The molecule has 0 aliphatic rings. The fourth-order valence-corrected chi connectivity index (χ4v) is 1.49. The highest BCUT2D eigenvalue weighted by Gasteiger charge is 2.02. The zero-order chi connectivity index (χ0) is 10.7. The molecule has 80 valence electrons. The van der Waals surface area contributed by atoms with Gasteiger partial charge in [0.2, 0.25) is 0 Å². The van der Waals surface area contributed by atoms with Gasteiger partial charge in [-0.15, -0.1) is 0 Å². The van der Waals surface area contributed by atoms with Crippen LogP contribution in [0.5, 0.6) is 0 Å². The predicted octanol–water partition coefficient (Wildman–Crippen LogP) is 2.00. The van der Waals surface area contributed by atoms with Crippen LogP contribution in [0.15, 0.2) is 24.4 Å². The van der Waals surface area contributed by atoms with E-state index < -0.39 is 0 Å². The molecule has 4 nitrogen and oxygen atoms in total. The van der Waals surface area contributed by atoms with E-state index in [1.165, 1.54) is 0 Å². The van der Waals surface area contributed by atoms with Crippen LogP contribution in [0.1, 0.15) is 13.3 Å². The number of hydrogen-bond donors (Lipinski definition) is 1. The van der Waals surface area contributed by atoms with Crippen LogP contribution in [0.3, 0.4) is 0 Å². The fourth-order valence-electron chi connectivity index (χ4n) is 1.49. The number of nitrogens with two attached hydrogens (primary N) is 1. The van der Waals surface area contributed by atoms with E-state index in [1.807, 2.05) is 29.1 Å². The number of anilines is 1. The molecule has 0 spiro atoms. The number of nitrogen functional groups attached to an aromatic ring is 1. The second-order valence-electron chi connectivity index (χ2n) is 3.50. The molecule has 0 fully saturated rings. The van der Waals surface area contributed by atoms with Gasteiger partial charge in [0.25, 0.3) is 0 Å². The van der Waals surface area contributed by atoms with Crippen molar-refractivity contribution in [3.8, 4) is 0 Å². The van der Waals surface area contributed by atoms with Crippen LogP contribution >= 0.6 is 0 Å². The monoisotopic (exact) mass is 205 g/mol. The topological polar surface area (TPSA) is 53.1 Å². The summed E-state index contributed by atoms with van der Waals surface area (Å²) in [6.45, 7) is 3.32. The Morgan fingerprint density at radius 3 is 3.13 bits per heavy atom. The lowest BCUT2D eigenvalue weighted by molar-refractivity contribution is 0.0723. The number of fused-ring (bicyclic) bond motifs is 1. The second-order valence-corrected chi connectivity index (χ2v) is 3.50. The molecule has 0 unspecified atom stereocenters. The van der Waals surface area contributed by atoms with Crippen molar-refractivity contribution in [1.29, 1.82) is 0 Å². The number of ether oxygens (including phenoxy) is 1. The van der Waals surface area contributed by atoms with E-state index in [-0.39, 0.29) is 0 Å². The van der Waals surface area contributed by atoms with Crippen molar-refractivity contribution in [2.75, 3.05) is 12.3 Å². The Labute approximate surface area is 88.6 Å². The highest BCUT2D eigenvalue weighted by atomic mass is 16.5. The van der Waals surface area contributed by atoms with E-state index in [2.05, 4.69) is 12.0 Å². The lowest BCUT2D eigenvalue weighted by atomic mass is 10.2. The molecule has 1 aromatic heterocycles. The summed E-state index contributed by atoms with van der Waals surface area (Å²) in [6, 6.07) is 5.76. The molecule has 4 heteroatoms. The second kappa shape index (κ2) is 4.31. The highest BCUT2D eigenvalue weighted by Crippen LogP contribution is 2.16. The van der Waals surface area contributed by atoms with Gasteiger partial charge in [-0.25, -0.2) is 4.68 Å². The fraction of sp³-hybridized carbons (Fsp3) is 0.364. The summed E-state index contributed by atoms with van der Waals surface area (Å²) < 4.78 is 7.26. The Kier molecular flexibility index (Phi) is 2.87. The van der Waals surface area contributed by atoms with Gasteiger partial charge in [0.15, 0.2) is 0 Å². The molecule has 2 aromatic rings. The lowest BCUT2D eigenvalue weighted by Crippen LogP contribution is -2.04. The normalized spacial score (nSPS) is 11.0. The van der Waals surface area contributed by atoms with Crippen molar-refractivity contribution in [2.24, 2.45) is 0 Å². The molecule has 0 amide bonds. The first-order valence-electron chi connectivity index (χ1n) is 5.10. The Bertz CT molecular complexity index is 450. The first kappa shape index (κ1) is 9.98. The maximum Gasteiger partial charge on any atom is 0.140 e. The third-order valence-corrected chi connectivity index (χ3v) is 2.23. The van der Waals surface area contributed by atoms with Gasteiger partial charge in [-0.05, 0) is 24.6 Å². The van der Waals surface area contributed by atoms with Crippen molar-refractivity contribution in [1.82, 2.24) is 9.78 Å². The first-order valence-corrected chi connectivity index (χ1v) is 5.10. The molecule has 0 bridgehead atoms. The third kappa shape index (κ3) is 2.10. The number of aromatic nitrogens is 2. The first-order chi connectivity index (χ1) is 7.31. The van der Waals surface area contributed by atoms with E-state index in [0.29, 0.717) is 6.73 Å². The van der Waals surface area contributed by atoms with Crippen LogP contribution in [-0.2, 0) is 11.5 Å². The van der Waals surface area contributed by atoms with Gasteiger partial charge in [-0.1, -0.05) is 6.92 Å². The summed E-state index contributed by atoms with van der Waals surface area (Å²) in [4.78, 5) is 0. The van der Waals surface area contributed by atoms with E-state index in [0.717, 1.165) is 29.6 Å². The van der Waals surface area contributed by atoms with Gasteiger partial charge >= 0.3 is 0 Å². The average molecular weight is 205 g/mol. The minimum absolute atomic E-state index is 0.487. The molecule has 1 heterocycles. The third-order valence-electron chi connectivity index (χ3n) is 2.23. The van der Waals surface area contributed by atoms with Crippen LogP contribution in [0, 0.1) is 0 Å². The summed E-state index contributed by atoms with van der Waals surface area (Å²) in [7, 11) is 0. The van der Waals surface area contributed by atoms with Crippen molar-refractivity contribution in [3.05, 3.63) is 24.4 Å². The number of hydrogen-bond acceptors (Lipinski definition) is 3. The highest BCUT2D eigenvalue weighted by molar-refractivity contribution is 5.81. The van der Waals surface area contributed by atoms with E-state index >= 15 is 0 Å². The van der Waals surface area contributed by atoms with Crippen LogP contribution < -0.4 is 5.73 Å². The van der Waals surface area contributed by atoms with Crippen LogP contribution in [0.4, 0.5) is 5.69 Å². The summed E-state index contributed by atoms with van der Waals surface area (Å²) in [6.07, 6.45) is 2.84. The molecule has 0 saturated heterocycles. The van der Waals surface area contributed by atoms with Gasteiger partial charge in [0.05, 0.1) is 11.7 Å². The lowest BCUT2D eigenvalue weighted by Gasteiger charge is -2.04. The molecule has 0 radical (unpaired) electrons. The maximum absolute atomic E-state index is 5.72. The van der Waals surface area contributed by atoms with Crippen molar-refractivity contribution in [3.63, 3.8) is 0 Å². The molecule has 2 rings (SSSR count). The van der Waals surface area contributed by atoms with E-state index in [1.54, 1.807) is 0 Å². The Morgan fingerprint density at radius 2 is 2.33 bits per heavy atom. The molecular weight excluding hydrogens is 190 g/mol. The molecule has 2 N–H and O–H groups in total. The number of benzene rings is 1. The zero-order valence-corrected chi connectivity index (χ0v) is 8.81. The predicted molar refractivity (Wildman–Crippen MR) is 60.4 cm³/mol. The van der Waals surface area contributed by atoms with Gasteiger partial charge < -0.3 is 10.5 Å². The maximum atomic E-state index is 5.72. The minimum Gasteiger partial charge on any atom is -0.399 e. The quantitative estimate of drug-likeness (QED) is 0.613. The molecule has 0 saturated carbocycles. The minimum atomic E-state index is 0.487. The molecule has 0 aliphatic carbocycles. The van der Waals surface area contributed by atoms with Gasteiger partial charge in [0.1, 0.15) is 6.73 Å². The van der Waals surface area contributed by atoms with Crippen LogP contribution in [0.25, 0.3) is 10.9 Å². The molecule has 1 aromatic carbocycles. The van der Waals surface area contributed by atoms with Crippen LogP contribution in [-0.4, -0.2) is 16.4 Å². The van der Waals surface area contributed by atoms with E-state index in [9.17, 15) is 0 Å². The molecule has 0 atom stereocenters. The average Bonchev–Trinajstić information content (AvgIpc) is 2.62. The zero-order valence-electron chi connectivity index (χ0n) is 8.81.